The lowest BCUT2D eigenvalue weighted by Crippen LogP contribution is -2.47. The summed E-state index contributed by atoms with van der Waals surface area (Å²) < 4.78 is 26.6. The highest BCUT2D eigenvalue weighted by Gasteiger charge is 2.21. The number of carbonyl (C=O) groups is 5. The van der Waals surface area contributed by atoms with E-state index in [4.69, 9.17) is 23.7 Å². The molecule has 20 heteroatoms. The Labute approximate surface area is 504 Å². The maximum Gasteiger partial charge on any atom is 0.306 e. The maximum atomic E-state index is 12.8. The molecule has 482 valence electrons. The van der Waals surface area contributed by atoms with E-state index in [1.165, 1.54) is 0 Å². The predicted octanol–water partition coefficient (Wildman–Crippen LogP) is 9.53. The van der Waals surface area contributed by atoms with Crippen molar-refractivity contribution in [2.45, 2.75) is 258 Å². The molecule has 0 spiro atoms. The van der Waals surface area contributed by atoms with Gasteiger partial charge in [0.15, 0.2) is 0 Å². The Morgan fingerprint density at radius 2 is 0.744 bits per heavy atom. The molecule has 18 nitrogen and oxygen atoms in total. The van der Waals surface area contributed by atoms with Gasteiger partial charge in [-0.15, -0.1) is 0 Å². The van der Waals surface area contributed by atoms with Crippen LogP contribution in [0.3, 0.4) is 0 Å². The van der Waals surface area contributed by atoms with Gasteiger partial charge in [0.05, 0.1) is 49.8 Å². The molecule has 0 saturated carbocycles. The third kappa shape index (κ3) is 48.9. The zero-order valence-corrected chi connectivity index (χ0v) is 53.9. The zero-order chi connectivity index (χ0) is 60.4. The second kappa shape index (κ2) is 53.0. The fourth-order valence-corrected chi connectivity index (χ4v) is 11.8. The van der Waals surface area contributed by atoms with Gasteiger partial charge in [0.2, 0.25) is 0 Å². The van der Waals surface area contributed by atoms with Crippen molar-refractivity contribution in [1.82, 2.24) is 19.6 Å². The summed E-state index contributed by atoms with van der Waals surface area (Å²) in [5.41, 5.74) is 0. The van der Waals surface area contributed by atoms with Crippen LogP contribution in [0.5, 0.6) is 0 Å². The number of hydrogen-bond donors (Lipinski definition) is 4. The third-order valence-electron chi connectivity index (χ3n) is 14.3. The standard InChI is InChI=1S/C62H118N4O14S2/c1-7-9-43-76-58(71)30-17-13-11-15-26-54(67)48-65(49-55(68)27-16-12-14-18-31-59(72)77-44-10-8-2)35-23-24-46-81-82-47-42-64-39-37-63(38-40-64)41-45-78-60(73)34-25-36-66(50-56(69)28-19-21-32-61(74)79-52(3)4)51-57(70)29-20-22-33-62(75)80-53(5)6/h52-57,67-70H,7-51H2,1-6H3. The van der Waals surface area contributed by atoms with Gasteiger partial charge in [-0.3, -0.25) is 43.6 Å². The molecule has 0 amide bonds. The van der Waals surface area contributed by atoms with E-state index in [2.05, 4.69) is 28.5 Å². The summed E-state index contributed by atoms with van der Waals surface area (Å²) in [6.45, 7) is 21.3. The minimum Gasteiger partial charge on any atom is -0.466 e. The molecule has 4 N–H and O–H groups in total. The quantitative estimate of drug-likeness (QED) is 0.0192. The normalized spacial score (nSPS) is 14.8. The van der Waals surface area contributed by atoms with Crippen LogP contribution in [0.2, 0.25) is 0 Å². The molecule has 4 atom stereocenters. The summed E-state index contributed by atoms with van der Waals surface area (Å²) in [7, 11) is 3.83. The van der Waals surface area contributed by atoms with E-state index in [1.54, 1.807) is 0 Å². The average molecular weight is 1210 g/mol. The second-order valence-electron chi connectivity index (χ2n) is 23.1. The van der Waals surface area contributed by atoms with E-state index in [-0.39, 0.29) is 48.5 Å². The van der Waals surface area contributed by atoms with Crippen molar-refractivity contribution in [3.05, 3.63) is 0 Å². The van der Waals surface area contributed by atoms with E-state index in [0.717, 1.165) is 141 Å². The van der Waals surface area contributed by atoms with Gasteiger partial charge in [0.1, 0.15) is 6.61 Å². The maximum absolute atomic E-state index is 12.8. The lowest BCUT2D eigenvalue weighted by molar-refractivity contribution is -0.148. The average Bonchev–Trinajstić information content (AvgIpc) is 3.42. The number of nitrogens with zero attached hydrogens (tertiary/aromatic N) is 4. The highest BCUT2D eigenvalue weighted by Crippen LogP contribution is 2.23. The number of carbonyl (C=O) groups excluding carboxylic acids is 5. The van der Waals surface area contributed by atoms with Gasteiger partial charge < -0.3 is 44.1 Å². The molecular weight excluding hydrogens is 1090 g/mol. The summed E-state index contributed by atoms with van der Waals surface area (Å²) in [5.74, 6) is 1.11. The van der Waals surface area contributed by atoms with Gasteiger partial charge in [0.25, 0.3) is 0 Å². The number of rotatable bonds is 56. The molecule has 1 saturated heterocycles. The molecule has 82 heavy (non-hydrogen) atoms. The van der Waals surface area contributed by atoms with Crippen molar-refractivity contribution >= 4 is 51.4 Å². The van der Waals surface area contributed by atoms with E-state index < -0.39 is 24.4 Å². The minimum atomic E-state index is -0.650. The molecule has 4 unspecified atom stereocenters. The summed E-state index contributed by atoms with van der Waals surface area (Å²) in [4.78, 5) is 69.5. The van der Waals surface area contributed by atoms with Gasteiger partial charge in [-0.1, -0.05) is 99.6 Å². The zero-order valence-electron chi connectivity index (χ0n) is 52.3. The van der Waals surface area contributed by atoms with Crippen molar-refractivity contribution in [3.8, 4) is 0 Å². The third-order valence-corrected chi connectivity index (χ3v) is 16.8. The van der Waals surface area contributed by atoms with Crippen LogP contribution >= 0.6 is 21.6 Å². The van der Waals surface area contributed by atoms with Crippen LogP contribution in [0.25, 0.3) is 0 Å². The van der Waals surface area contributed by atoms with Crippen LogP contribution in [0, 0.1) is 0 Å². The van der Waals surface area contributed by atoms with Gasteiger partial charge in [-0.2, -0.15) is 0 Å². The first-order valence-electron chi connectivity index (χ1n) is 32.2. The van der Waals surface area contributed by atoms with E-state index >= 15 is 0 Å². The smallest absolute Gasteiger partial charge is 0.306 e. The monoisotopic (exact) mass is 1210 g/mol. The first kappa shape index (κ1) is 77.7. The molecule has 1 aliphatic heterocycles. The largest absolute Gasteiger partial charge is 0.466 e. The second-order valence-corrected chi connectivity index (χ2v) is 25.8. The van der Waals surface area contributed by atoms with Crippen molar-refractivity contribution in [2.75, 3.05) is 110 Å². The molecule has 1 aliphatic rings. The lowest BCUT2D eigenvalue weighted by Gasteiger charge is -2.34. The fraction of sp³-hybridized carbons (Fsp3) is 0.919. The molecule has 0 aromatic carbocycles. The molecule has 1 fully saturated rings. The van der Waals surface area contributed by atoms with Crippen molar-refractivity contribution in [3.63, 3.8) is 0 Å². The van der Waals surface area contributed by atoms with E-state index in [0.29, 0.717) is 143 Å². The molecule has 0 bridgehead atoms. The van der Waals surface area contributed by atoms with E-state index in [1.807, 2.05) is 54.2 Å². The Hall–Kier alpha value is -2.27. The van der Waals surface area contributed by atoms with Crippen LogP contribution in [0.15, 0.2) is 0 Å². The molecule has 0 aromatic rings. The number of esters is 5. The minimum absolute atomic E-state index is 0.119. The van der Waals surface area contributed by atoms with Crippen molar-refractivity contribution in [2.24, 2.45) is 0 Å². The Bertz CT molecular complexity index is 1500. The number of ether oxygens (including phenoxy) is 5. The van der Waals surface area contributed by atoms with Crippen LogP contribution < -0.4 is 0 Å². The molecule has 0 aromatic heterocycles. The Balaban J connectivity index is 2.42. The first-order chi connectivity index (χ1) is 39.5. The molecular formula is C62H118N4O14S2. The highest BCUT2D eigenvalue weighted by atomic mass is 33.1. The van der Waals surface area contributed by atoms with Crippen LogP contribution in [-0.4, -0.2) is 216 Å². The molecule has 0 aliphatic carbocycles. The number of aliphatic hydroxyl groups excluding tert-OH is 4. The van der Waals surface area contributed by atoms with Crippen LogP contribution in [0.4, 0.5) is 0 Å². The van der Waals surface area contributed by atoms with Gasteiger partial charge in [0, 0.05) is 109 Å². The number of piperazine rings is 1. The molecule has 1 heterocycles. The Morgan fingerprint density at radius 1 is 0.402 bits per heavy atom. The summed E-state index contributed by atoms with van der Waals surface area (Å²) in [6.07, 6.45) is 17.8. The van der Waals surface area contributed by atoms with Crippen LogP contribution in [0.1, 0.15) is 221 Å². The number of hydrogen-bond acceptors (Lipinski definition) is 20. The Kier molecular flexibility index (Phi) is 50.3. The number of unbranched alkanes of at least 4 members (excludes halogenated alkanes) is 11. The van der Waals surface area contributed by atoms with Gasteiger partial charge in [-0.05, 0) is 124 Å². The SMILES string of the molecule is CCCCOC(=O)CCCCCCC(O)CN(CCCCSSCCN1CCN(CCOC(=O)CCCN(CC(O)CCCCC(=O)OC(C)C)CC(O)CCCCC(=O)OC(C)C)CC1)CC(O)CCCCCCC(=O)OCCCC. The van der Waals surface area contributed by atoms with Gasteiger partial charge >= 0.3 is 29.8 Å². The first-order valence-corrected chi connectivity index (χ1v) is 34.7. The number of aliphatic hydroxyl groups is 4. The Morgan fingerprint density at radius 3 is 1.17 bits per heavy atom. The summed E-state index contributed by atoms with van der Waals surface area (Å²) in [6, 6.07) is 0. The van der Waals surface area contributed by atoms with Gasteiger partial charge in [-0.25, -0.2) is 0 Å². The molecule has 0 radical (unpaired) electrons. The summed E-state index contributed by atoms with van der Waals surface area (Å²) >= 11 is 0. The predicted molar refractivity (Wildman–Crippen MR) is 331 cm³/mol. The van der Waals surface area contributed by atoms with Crippen molar-refractivity contribution < 1.29 is 68.1 Å². The summed E-state index contributed by atoms with van der Waals surface area (Å²) in [5, 5.41) is 43.8. The van der Waals surface area contributed by atoms with Crippen molar-refractivity contribution in [1.29, 1.82) is 0 Å². The lowest BCUT2D eigenvalue weighted by atomic mass is 10.1. The van der Waals surface area contributed by atoms with E-state index in [9.17, 15) is 44.4 Å². The van der Waals surface area contributed by atoms with Crippen LogP contribution in [-0.2, 0) is 47.7 Å². The topological polar surface area (TPSA) is 225 Å². The highest BCUT2D eigenvalue weighted by molar-refractivity contribution is 8.76. The fourth-order valence-electron chi connectivity index (χ4n) is 9.65. The molecule has 1 rings (SSSR count).